The summed E-state index contributed by atoms with van der Waals surface area (Å²) in [7, 11) is 0. The zero-order chi connectivity index (χ0) is 35.7. The summed E-state index contributed by atoms with van der Waals surface area (Å²) in [4.78, 5) is 27.3. The molecule has 0 spiro atoms. The zero-order valence-electron chi connectivity index (χ0n) is 24.3. The first-order chi connectivity index (χ1) is 20.4. The third-order valence-electron chi connectivity index (χ3n) is 8.04. The largest absolute Gasteiger partial charge is 0.460 e. The molecule has 3 rings (SSSR count). The van der Waals surface area contributed by atoms with Crippen molar-refractivity contribution in [2.45, 2.75) is 76.6 Å². The number of allylic oxidation sites excluding steroid dienone is 2. The Morgan fingerprint density at radius 2 is 0.848 bits per heavy atom. The van der Waals surface area contributed by atoms with Crippen molar-refractivity contribution in [3.8, 4) is 0 Å². The molecule has 0 atom stereocenters. The average molecular weight is 689 g/mol. The van der Waals surface area contributed by atoms with Crippen LogP contribution in [0.5, 0.6) is 0 Å². The Bertz CT molecular complexity index is 1330. The van der Waals surface area contributed by atoms with E-state index in [1.807, 2.05) is 0 Å². The molecule has 0 aliphatic carbocycles. The van der Waals surface area contributed by atoms with Gasteiger partial charge in [0.15, 0.2) is 0 Å². The molecule has 46 heavy (non-hydrogen) atoms. The van der Waals surface area contributed by atoms with Gasteiger partial charge >= 0.3 is 36.0 Å². The van der Waals surface area contributed by atoms with E-state index in [1.165, 1.54) is 24.3 Å². The molecule has 0 N–H and O–H groups in total. The van der Waals surface area contributed by atoms with Gasteiger partial charge in [-0.1, -0.05) is 39.8 Å². The first kappa shape index (κ1) is 37.1. The highest BCUT2D eigenvalue weighted by Gasteiger charge is 2.77. The summed E-state index contributed by atoms with van der Waals surface area (Å²) in [6.45, 7) is 4.23. The van der Waals surface area contributed by atoms with E-state index in [4.69, 9.17) is 0 Å². The van der Waals surface area contributed by atoms with E-state index in [0.29, 0.717) is 12.4 Å². The van der Waals surface area contributed by atoms with E-state index < -0.39 is 69.6 Å². The Hall–Kier alpha value is -3.34. The lowest BCUT2D eigenvalue weighted by Crippen LogP contribution is -2.57. The molecular weight excluding hydrogens is 662 g/mol. The maximum absolute atomic E-state index is 14.5. The van der Waals surface area contributed by atoms with E-state index in [-0.39, 0.29) is 37.3 Å². The maximum Gasteiger partial charge on any atom is 0.460 e. The van der Waals surface area contributed by atoms with Crippen molar-refractivity contribution in [3.63, 3.8) is 0 Å². The minimum Gasteiger partial charge on any atom is -0.346 e. The van der Waals surface area contributed by atoms with Crippen molar-refractivity contribution in [1.29, 1.82) is 0 Å². The third kappa shape index (κ3) is 5.95. The number of para-hydroxylation sites is 2. The molecule has 0 fully saturated rings. The zero-order valence-corrected chi connectivity index (χ0v) is 24.3. The van der Waals surface area contributed by atoms with Crippen LogP contribution in [-0.2, 0) is 9.59 Å². The summed E-state index contributed by atoms with van der Waals surface area (Å²) in [5, 5.41) is 0. The molecule has 2 aliphatic heterocycles. The highest BCUT2D eigenvalue weighted by Crippen LogP contribution is 2.52. The molecule has 0 saturated heterocycles. The van der Waals surface area contributed by atoms with Gasteiger partial charge in [0, 0.05) is 36.6 Å². The molecule has 0 unspecified atom stereocenters. The molecule has 0 saturated carbocycles. The van der Waals surface area contributed by atoms with Crippen molar-refractivity contribution < 1.29 is 71.1 Å². The minimum atomic E-state index is -6.79. The third-order valence-corrected chi connectivity index (χ3v) is 8.04. The van der Waals surface area contributed by atoms with Crippen LogP contribution in [0.3, 0.4) is 0 Å². The monoisotopic (exact) mass is 688 g/mol. The van der Waals surface area contributed by atoms with Crippen LogP contribution in [0, 0.1) is 10.8 Å². The topological polar surface area (TPSA) is 40.6 Å². The van der Waals surface area contributed by atoms with Crippen LogP contribution in [0.2, 0.25) is 0 Å². The van der Waals surface area contributed by atoms with Gasteiger partial charge in [-0.15, -0.1) is 0 Å². The number of benzene rings is 1. The van der Waals surface area contributed by atoms with Gasteiger partial charge in [0.25, 0.3) is 0 Å². The van der Waals surface area contributed by atoms with Gasteiger partial charge < -0.3 is 9.80 Å². The Labute approximate surface area is 252 Å². The van der Waals surface area contributed by atoms with Crippen LogP contribution < -0.4 is 9.80 Å². The molecule has 18 heteroatoms. The summed E-state index contributed by atoms with van der Waals surface area (Å²) in [6.07, 6.45) is -12.9. The molecule has 2 heterocycles. The van der Waals surface area contributed by atoms with E-state index in [9.17, 15) is 71.1 Å². The summed E-state index contributed by atoms with van der Waals surface area (Å²) in [6, 6.07) is 5.11. The van der Waals surface area contributed by atoms with Crippen LogP contribution >= 0.6 is 0 Å². The van der Waals surface area contributed by atoms with E-state index >= 15 is 0 Å². The van der Waals surface area contributed by atoms with E-state index in [1.54, 1.807) is 0 Å². The molecule has 0 amide bonds. The predicted octanol–water partition coefficient (Wildman–Crippen LogP) is 8.73. The molecular formula is C28H26F14N2O2. The number of carbonyl (C=O) groups excluding carboxylic acids is 2. The van der Waals surface area contributed by atoms with E-state index in [0.717, 1.165) is 37.5 Å². The second kappa shape index (κ2) is 11.1. The summed E-state index contributed by atoms with van der Waals surface area (Å²) in [5.74, 6) is -31.6. The number of anilines is 2. The quantitative estimate of drug-likeness (QED) is 0.256. The lowest BCUT2D eigenvalue weighted by atomic mass is 9.75. The standard InChI is InChI=1S/C28H26F14N2O2/c1-21(2)9-11-43(13-15(21)19(45)23(29,30)25(33,34)27(37,38)39)17-7-5-6-8-18(17)44-12-10-22(3,4)16(14-44)20(46)24(31,32)26(35,36)28(40,41)42/h5-8,13-14H,9-12H2,1-4H3. The van der Waals surface area contributed by atoms with Gasteiger partial charge in [0.2, 0.25) is 11.6 Å². The van der Waals surface area contributed by atoms with Gasteiger partial charge in [0.1, 0.15) is 0 Å². The van der Waals surface area contributed by atoms with Crippen molar-refractivity contribution in [2.75, 3.05) is 22.9 Å². The summed E-state index contributed by atoms with van der Waals surface area (Å²) in [5.41, 5.74) is -5.74. The first-order valence-electron chi connectivity index (χ1n) is 13.3. The SMILES string of the molecule is CC1(C)CCN(c2ccccc2N2C=C(C(=O)C(F)(F)C(F)(F)C(F)(F)F)C(C)(C)CC2)C=C1C(=O)C(F)(F)C(F)(F)C(F)(F)F. The van der Waals surface area contributed by atoms with Gasteiger partial charge in [-0.3, -0.25) is 9.59 Å². The van der Waals surface area contributed by atoms with Crippen LogP contribution in [-0.4, -0.2) is 60.7 Å². The maximum atomic E-state index is 14.5. The van der Waals surface area contributed by atoms with Crippen LogP contribution in [0.4, 0.5) is 72.8 Å². The Morgan fingerprint density at radius 3 is 1.11 bits per heavy atom. The highest BCUT2D eigenvalue weighted by molar-refractivity contribution is 6.04. The number of nitrogens with zero attached hydrogens (tertiary/aromatic N) is 2. The number of rotatable bonds is 8. The molecule has 0 aromatic heterocycles. The molecule has 0 bridgehead atoms. The predicted molar refractivity (Wildman–Crippen MR) is 136 cm³/mol. The smallest absolute Gasteiger partial charge is 0.346 e. The number of carbonyl (C=O) groups is 2. The van der Waals surface area contributed by atoms with Crippen molar-refractivity contribution in [1.82, 2.24) is 0 Å². The fourth-order valence-corrected chi connectivity index (χ4v) is 4.90. The fourth-order valence-electron chi connectivity index (χ4n) is 4.90. The van der Waals surface area contributed by atoms with E-state index in [2.05, 4.69) is 0 Å². The van der Waals surface area contributed by atoms with Gasteiger partial charge in [-0.2, -0.15) is 61.5 Å². The molecule has 258 valence electrons. The van der Waals surface area contributed by atoms with Gasteiger partial charge in [0.05, 0.1) is 11.4 Å². The first-order valence-corrected chi connectivity index (χ1v) is 13.3. The molecule has 0 radical (unpaired) electrons. The minimum absolute atomic E-state index is 0.0932. The van der Waals surface area contributed by atoms with Crippen molar-refractivity contribution in [2.24, 2.45) is 10.8 Å². The number of ketones is 2. The van der Waals surface area contributed by atoms with Crippen molar-refractivity contribution in [3.05, 3.63) is 47.8 Å². The van der Waals surface area contributed by atoms with Crippen LogP contribution in [0.15, 0.2) is 47.8 Å². The number of Topliss-reactive ketones (excluding diaryl/α,β-unsaturated/α-hetero) is 2. The number of hydrogen-bond donors (Lipinski definition) is 0. The summed E-state index contributed by atoms with van der Waals surface area (Å²) < 4.78 is 190. The number of halogens is 14. The number of hydrogen-bond acceptors (Lipinski definition) is 4. The Kier molecular flexibility index (Phi) is 8.98. The average Bonchev–Trinajstić information content (AvgIpc) is 2.90. The Balaban J connectivity index is 2.13. The fraction of sp³-hybridized carbons (Fsp3) is 0.571. The summed E-state index contributed by atoms with van der Waals surface area (Å²) >= 11 is 0. The molecule has 4 nitrogen and oxygen atoms in total. The van der Waals surface area contributed by atoms with Crippen LogP contribution in [0.1, 0.15) is 40.5 Å². The highest BCUT2D eigenvalue weighted by atomic mass is 19.4. The Morgan fingerprint density at radius 1 is 0.565 bits per heavy atom. The molecule has 2 aliphatic rings. The second-order valence-corrected chi connectivity index (χ2v) is 12.2. The van der Waals surface area contributed by atoms with Crippen molar-refractivity contribution >= 4 is 22.9 Å². The number of alkyl halides is 14. The molecule has 1 aromatic carbocycles. The second-order valence-electron chi connectivity index (χ2n) is 12.2. The molecule has 1 aromatic rings. The lowest BCUT2D eigenvalue weighted by molar-refractivity contribution is -0.343. The van der Waals surface area contributed by atoms with Gasteiger partial charge in [-0.25, -0.2) is 0 Å². The lowest BCUT2D eigenvalue weighted by Gasteiger charge is -2.42. The van der Waals surface area contributed by atoms with Crippen LogP contribution in [0.25, 0.3) is 0 Å². The normalized spacial score (nSPS) is 19.9. The van der Waals surface area contributed by atoms with Gasteiger partial charge in [-0.05, 0) is 35.8 Å².